The summed E-state index contributed by atoms with van der Waals surface area (Å²) in [6.45, 7) is 0.321. The summed E-state index contributed by atoms with van der Waals surface area (Å²) in [5.41, 5.74) is 0.622. The minimum atomic E-state index is -0.455. The van der Waals surface area contributed by atoms with Gasteiger partial charge in [0.2, 0.25) is 0 Å². The number of ether oxygens (including phenoxy) is 1. The molecule has 1 aliphatic heterocycles. The molecule has 0 radical (unpaired) electrons. The van der Waals surface area contributed by atoms with E-state index < -0.39 is 5.97 Å². The van der Waals surface area contributed by atoms with Crippen molar-refractivity contribution in [2.45, 2.75) is 18.3 Å². The fourth-order valence-electron chi connectivity index (χ4n) is 2.83. The average Bonchev–Trinajstić information content (AvgIpc) is 3.15. The Kier molecular flexibility index (Phi) is 2.59. The number of carbonyl (C=O) groups excluding carboxylic acids is 2. The zero-order chi connectivity index (χ0) is 13.6. The van der Waals surface area contributed by atoms with Crippen LogP contribution in [-0.4, -0.2) is 37.0 Å². The number of methoxy groups -OCH3 is 1. The van der Waals surface area contributed by atoms with Crippen molar-refractivity contribution in [1.29, 1.82) is 0 Å². The summed E-state index contributed by atoms with van der Waals surface area (Å²) < 4.78 is 18.6. The summed E-state index contributed by atoms with van der Waals surface area (Å²) in [5.74, 6) is -1.07. The molecule has 1 aromatic rings. The normalized spacial score (nSPS) is 19.3. The quantitative estimate of drug-likeness (QED) is 0.759. The molecule has 1 fully saturated rings. The molecule has 1 saturated carbocycles. The van der Waals surface area contributed by atoms with E-state index in [4.69, 9.17) is 0 Å². The van der Waals surface area contributed by atoms with Gasteiger partial charge in [-0.25, -0.2) is 4.39 Å². The Balaban J connectivity index is 2.00. The molecule has 1 aromatic carbocycles. The van der Waals surface area contributed by atoms with Gasteiger partial charge in [-0.2, -0.15) is 0 Å². The van der Waals surface area contributed by atoms with E-state index in [0.29, 0.717) is 17.7 Å². The minimum Gasteiger partial charge on any atom is -0.468 e. The van der Waals surface area contributed by atoms with Crippen LogP contribution in [0.3, 0.4) is 0 Å². The number of hydrogen-bond donors (Lipinski definition) is 0. The number of rotatable bonds is 2. The van der Waals surface area contributed by atoms with Crippen LogP contribution < -0.4 is 0 Å². The molecule has 1 spiro atoms. The molecule has 1 amide bonds. The highest BCUT2D eigenvalue weighted by Gasteiger charge is 2.53. The lowest BCUT2D eigenvalue weighted by Crippen LogP contribution is -2.46. The lowest BCUT2D eigenvalue weighted by atomic mass is 9.86. The van der Waals surface area contributed by atoms with E-state index in [-0.39, 0.29) is 23.7 Å². The van der Waals surface area contributed by atoms with Crippen molar-refractivity contribution in [3.63, 3.8) is 0 Å². The number of benzene rings is 1. The average molecular weight is 263 g/mol. The van der Waals surface area contributed by atoms with Crippen molar-refractivity contribution in [2.75, 3.05) is 20.2 Å². The molecule has 100 valence electrons. The molecule has 2 aliphatic rings. The van der Waals surface area contributed by atoms with Crippen molar-refractivity contribution >= 4 is 11.9 Å². The Bertz CT molecular complexity index is 566. The second-order valence-electron chi connectivity index (χ2n) is 5.18. The zero-order valence-electron chi connectivity index (χ0n) is 10.6. The number of halogens is 1. The van der Waals surface area contributed by atoms with Crippen LogP contribution in [0.4, 0.5) is 4.39 Å². The molecule has 1 heterocycles. The number of carbonyl (C=O) groups is 2. The number of amides is 1. The first-order valence-electron chi connectivity index (χ1n) is 6.22. The van der Waals surface area contributed by atoms with Crippen LogP contribution in [0.25, 0.3) is 0 Å². The molecular formula is C14H14FNO3. The first-order chi connectivity index (χ1) is 9.07. The van der Waals surface area contributed by atoms with Crippen LogP contribution in [0.15, 0.2) is 18.2 Å². The van der Waals surface area contributed by atoms with E-state index >= 15 is 0 Å². The van der Waals surface area contributed by atoms with Gasteiger partial charge in [0.25, 0.3) is 5.91 Å². The first kappa shape index (κ1) is 12.1. The van der Waals surface area contributed by atoms with E-state index in [9.17, 15) is 14.0 Å². The third kappa shape index (κ3) is 1.80. The molecule has 0 atom stereocenters. The Labute approximate surface area is 110 Å². The monoisotopic (exact) mass is 263 g/mol. The summed E-state index contributed by atoms with van der Waals surface area (Å²) >= 11 is 0. The maximum Gasteiger partial charge on any atom is 0.325 e. The van der Waals surface area contributed by atoms with Gasteiger partial charge in [-0.3, -0.25) is 9.59 Å². The largest absolute Gasteiger partial charge is 0.468 e. The molecule has 3 rings (SSSR count). The van der Waals surface area contributed by atoms with Crippen molar-refractivity contribution < 1.29 is 18.7 Å². The highest BCUT2D eigenvalue weighted by molar-refractivity contribution is 5.99. The first-order valence-corrected chi connectivity index (χ1v) is 6.22. The Morgan fingerprint density at radius 2 is 2.21 bits per heavy atom. The minimum absolute atomic E-state index is 0.0764. The molecule has 4 nitrogen and oxygen atoms in total. The Morgan fingerprint density at radius 3 is 2.84 bits per heavy atom. The summed E-state index contributed by atoms with van der Waals surface area (Å²) in [6.07, 6.45) is 1.71. The topological polar surface area (TPSA) is 46.6 Å². The fourth-order valence-corrected chi connectivity index (χ4v) is 2.83. The van der Waals surface area contributed by atoms with E-state index in [1.807, 2.05) is 0 Å². The van der Waals surface area contributed by atoms with Gasteiger partial charge < -0.3 is 9.64 Å². The second kappa shape index (κ2) is 4.05. The van der Waals surface area contributed by atoms with Crippen molar-refractivity contribution in [3.05, 3.63) is 35.1 Å². The molecule has 19 heavy (non-hydrogen) atoms. The van der Waals surface area contributed by atoms with Gasteiger partial charge in [0.05, 0.1) is 7.11 Å². The van der Waals surface area contributed by atoms with Crippen LogP contribution in [0, 0.1) is 5.82 Å². The lowest BCUT2D eigenvalue weighted by Gasteiger charge is -2.34. The van der Waals surface area contributed by atoms with Crippen LogP contribution in [0.1, 0.15) is 28.8 Å². The zero-order valence-corrected chi connectivity index (χ0v) is 10.6. The summed E-state index contributed by atoms with van der Waals surface area (Å²) in [5, 5.41) is 0. The van der Waals surface area contributed by atoms with Crippen molar-refractivity contribution in [1.82, 2.24) is 4.90 Å². The molecule has 1 aliphatic carbocycles. The molecule has 0 unspecified atom stereocenters. The van der Waals surface area contributed by atoms with Crippen LogP contribution >= 0.6 is 0 Å². The van der Waals surface area contributed by atoms with Gasteiger partial charge in [0.1, 0.15) is 12.4 Å². The Morgan fingerprint density at radius 1 is 1.47 bits per heavy atom. The number of nitrogens with zero attached hydrogens (tertiary/aromatic N) is 1. The highest BCUT2D eigenvalue weighted by atomic mass is 19.1. The van der Waals surface area contributed by atoms with Gasteiger partial charge in [-0.1, -0.05) is 6.07 Å². The predicted octanol–water partition coefficient (Wildman–Crippen LogP) is 1.49. The molecule has 0 bridgehead atoms. The van der Waals surface area contributed by atoms with Gasteiger partial charge in [0.15, 0.2) is 0 Å². The van der Waals surface area contributed by atoms with E-state index in [1.165, 1.54) is 24.1 Å². The highest BCUT2D eigenvalue weighted by Crippen LogP contribution is 2.53. The third-order valence-electron chi connectivity index (χ3n) is 3.96. The van der Waals surface area contributed by atoms with E-state index in [1.54, 1.807) is 6.07 Å². The van der Waals surface area contributed by atoms with Crippen molar-refractivity contribution in [3.8, 4) is 0 Å². The number of fused-ring (bicyclic) bond motifs is 2. The summed E-state index contributed by atoms with van der Waals surface area (Å²) in [6, 6.07) is 4.55. The fraction of sp³-hybridized carbons (Fsp3) is 0.429. The smallest absolute Gasteiger partial charge is 0.325 e. The van der Waals surface area contributed by atoms with Crippen LogP contribution in [0.5, 0.6) is 0 Å². The Hall–Kier alpha value is -1.91. The van der Waals surface area contributed by atoms with Gasteiger partial charge in [-0.15, -0.1) is 0 Å². The van der Waals surface area contributed by atoms with Crippen LogP contribution in [-0.2, 0) is 14.9 Å². The van der Waals surface area contributed by atoms with Gasteiger partial charge in [0, 0.05) is 23.1 Å². The summed E-state index contributed by atoms with van der Waals surface area (Å²) in [7, 11) is 1.29. The number of esters is 1. The lowest BCUT2D eigenvalue weighted by molar-refractivity contribution is -0.141. The second-order valence-corrected chi connectivity index (χ2v) is 5.18. The predicted molar refractivity (Wildman–Crippen MR) is 65.2 cm³/mol. The van der Waals surface area contributed by atoms with Gasteiger partial charge >= 0.3 is 5.97 Å². The number of hydrogen-bond acceptors (Lipinski definition) is 3. The van der Waals surface area contributed by atoms with Gasteiger partial charge in [-0.05, 0) is 25.0 Å². The maximum atomic E-state index is 14.0. The molecule has 5 heteroatoms. The van der Waals surface area contributed by atoms with Crippen LogP contribution in [0.2, 0.25) is 0 Å². The molecule has 0 N–H and O–H groups in total. The standard InChI is InChI=1S/C14H14FNO3/c1-19-11(17)7-16-8-14(5-6-14)12-9(13(16)18)3-2-4-10(12)15/h2-4H,5-8H2,1H3. The molecular weight excluding hydrogens is 249 g/mol. The molecule has 0 aromatic heterocycles. The SMILES string of the molecule is COC(=O)CN1CC2(CC2)c2c(F)cccc2C1=O. The third-order valence-corrected chi connectivity index (χ3v) is 3.96. The molecule has 0 saturated heterocycles. The maximum absolute atomic E-state index is 14.0. The van der Waals surface area contributed by atoms with E-state index in [0.717, 1.165) is 12.8 Å². The van der Waals surface area contributed by atoms with Crippen molar-refractivity contribution in [2.24, 2.45) is 0 Å². The summed E-state index contributed by atoms with van der Waals surface area (Å²) in [4.78, 5) is 25.1. The van der Waals surface area contributed by atoms with E-state index in [2.05, 4.69) is 4.74 Å².